The maximum absolute atomic E-state index is 9.32. The third-order valence-electron chi connectivity index (χ3n) is 5.89. The number of hydrogen-bond donors (Lipinski definition) is 2. The van der Waals surface area contributed by atoms with E-state index in [1.54, 1.807) is 0 Å². The van der Waals surface area contributed by atoms with Crippen LogP contribution in [0, 0.1) is 5.92 Å². The molecule has 170 valence electrons. The molecular weight excluding hydrogens is 394 g/mol. The molecule has 1 aliphatic rings. The Morgan fingerprint density at radius 2 is 1.69 bits per heavy atom. The second-order valence-electron chi connectivity index (χ2n) is 8.67. The monoisotopic (exact) mass is 431 g/mol. The largest absolute Gasteiger partial charge is 0.489 e. The van der Waals surface area contributed by atoms with Crippen molar-refractivity contribution in [3.63, 3.8) is 0 Å². The highest BCUT2D eigenvalue weighted by atomic mass is 16.5. The van der Waals surface area contributed by atoms with Gasteiger partial charge in [0.05, 0.1) is 6.61 Å². The van der Waals surface area contributed by atoms with E-state index in [1.807, 2.05) is 18.2 Å². The second-order valence-corrected chi connectivity index (χ2v) is 8.67. The van der Waals surface area contributed by atoms with E-state index in [2.05, 4.69) is 62.4 Å². The van der Waals surface area contributed by atoms with Crippen LogP contribution in [0.2, 0.25) is 0 Å². The lowest BCUT2D eigenvalue weighted by Gasteiger charge is -2.24. The SMILES string of the molecule is CCC.NCCC1CCc2cc(OCc3ccc(-c4cccc(CO)c4)cc3)ccc2C1. The molecule has 1 aliphatic carbocycles. The van der Waals surface area contributed by atoms with E-state index >= 15 is 0 Å². The smallest absolute Gasteiger partial charge is 0.120 e. The van der Waals surface area contributed by atoms with Crippen LogP contribution in [-0.4, -0.2) is 11.7 Å². The Morgan fingerprint density at radius 1 is 0.906 bits per heavy atom. The average Bonchev–Trinajstić information content (AvgIpc) is 2.84. The minimum absolute atomic E-state index is 0.0637. The molecule has 0 spiro atoms. The molecule has 32 heavy (non-hydrogen) atoms. The Morgan fingerprint density at radius 3 is 2.41 bits per heavy atom. The zero-order chi connectivity index (χ0) is 22.8. The second kappa shape index (κ2) is 12.4. The quantitative estimate of drug-likeness (QED) is 0.462. The molecule has 3 nitrogen and oxygen atoms in total. The number of aliphatic hydroxyl groups excluding tert-OH is 1. The molecule has 1 atom stereocenters. The fourth-order valence-electron chi connectivity index (χ4n) is 4.19. The predicted molar refractivity (Wildman–Crippen MR) is 134 cm³/mol. The first-order valence-corrected chi connectivity index (χ1v) is 11.9. The van der Waals surface area contributed by atoms with Crippen LogP contribution in [0.15, 0.2) is 66.7 Å². The number of nitrogens with two attached hydrogens (primary N) is 1. The zero-order valence-electron chi connectivity index (χ0n) is 19.5. The summed E-state index contributed by atoms with van der Waals surface area (Å²) in [5.74, 6) is 1.68. The van der Waals surface area contributed by atoms with E-state index in [0.717, 1.165) is 59.7 Å². The molecule has 3 heteroatoms. The summed E-state index contributed by atoms with van der Waals surface area (Å²) >= 11 is 0. The topological polar surface area (TPSA) is 55.5 Å². The number of aryl methyl sites for hydroxylation is 1. The highest BCUT2D eigenvalue weighted by Crippen LogP contribution is 2.30. The highest BCUT2D eigenvalue weighted by Gasteiger charge is 2.18. The fourth-order valence-corrected chi connectivity index (χ4v) is 4.19. The standard InChI is InChI=1S/C26H29NO2.C3H8/c27-13-12-19-4-9-25-16-26(11-10-24(25)14-19)29-18-20-5-7-22(8-6-20)23-3-1-2-21(15-23)17-28;1-3-2/h1-3,5-8,10-11,15-16,19,28H,4,9,12-14,17-18,27H2;3H2,1-2H3. The van der Waals surface area contributed by atoms with Crippen molar-refractivity contribution in [1.29, 1.82) is 0 Å². The molecule has 0 radical (unpaired) electrons. The summed E-state index contributed by atoms with van der Waals surface area (Å²) in [7, 11) is 0. The van der Waals surface area contributed by atoms with Crippen LogP contribution in [0.5, 0.6) is 5.75 Å². The van der Waals surface area contributed by atoms with Gasteiger partial charge in [-0.2, -0.15) is 0 Å². The van der Waals surface area contributed by atoms with Gasteiger partial charge in [-0.3, -0.25) is 0 Å². The molecular formula is C29H37NO2. The summed E-state index contributed by atoms with van der Waals surface area (Å²) in [6.07, 6.45) is 5.87. The van der Waals surface area contributed by atoms with Crippen molar-refractivity contribution in [2.75, 3.05) is 6.54 Å². The Hall–Kier alpha value is -2.62. The molecule has 0 aromatic heterocycles. The van der Waals surface area contributed by atoms with Crippen molar-refractivity contribution in [1.82, 2.24) is 0 Å². The summed E-state index contributed by atoms with van der Waals surface area (Å²) in [6, 6.07) is 23.0. The summed E-state index contributed by atoms with van der Waals surface area (Å²) < 4.78 is 6.06. The van der Waals surface area contributed by atoms with Crippen molar-refractivity contribution in [3.05, 3.63) is 89.0 Å². The van der Waals surface area contributed by atoms with Crippen LogP contribution in [0.25, 0.3) is 11.1 Å². The van der Waals surface area contributed by atoms with Crippen LogP contribution in [0.4, 0.5) is 0 Å². The van der Waals surface area contributed by atoms with E-state index in [4.69, 9.17) is 10.5 Å². The third kappa shape index (κ3) is 6.69. The Bertz CT molecular complexity index is 965. The number of ether oxygens (including phenoxy) is 1. The number of fused-ring (bicyclic) bond motifs is 1. The van der Waals surface area contributed by atoms with Gasteiger partial charge in [0, 0.05) is 0 Å². The molecule has 3 N–H and O–H groups in total. The molecule has 3 aromatic rings. The third-order valence-corrected chi connectivity index (χ3v) is 5.89. The van der Waals surface area contributed by atoms with Gasteiger partial charge >= 0.3 is 0 Å². The molecule has 0 saturated carbocycles. The summed E-state index contributed by atoms with van der Waals surface area (Å²) in [5.41, 5.74) is 12.9. The highest BCUT2D eigenvalue weighted by molar-refractivity contribution is 5.64. The van der Waals surface area contributed by atoms with Gasteiger partial charge in [0.1, 0.15) is 12.4 Å². The molecule has 0 amide bonds. The lowest BCUT2D eigenvalue weighted by Crippen LogP contribution is -2.17. The minimum atomic E-state index is 0.0637. The number of hydrogen-bond acceptors (Lipinski definition) is 3. The van der Waals surface area contributed by atoms with Gasteiger partial charge in [-0.1, -0.05) is 68.8 Å². The van der Waals surface area contributed by atoms with Gasteiger partial charge in [0.2, 0.25) is 0 Å². The average molecular weight is 432 g/mol. The molecule has 0 aliphatic heterocycles. The van der Waals surface area contributed by atoms with Gasteiger partial charge in [0.15, 0.2) is 0 Å². The van der Waals surface area contributed by atoms with Crippen molar-refractivity contribution in [3.8, 4) is 16.9 Å². The molecule has 0 bridgehead atoms. The lowest BCUT2D eigenvalue weighted by atomic mass is 9.82. The Labute approximate surface area is 193 Å². The Balaban J connectivity index is 0.000000913. The molecule has 0 fully saturated rings. The maximum Gasteiger partial charge on any atom is 0.120 e. The van der Waals surface area contributed by atoms with Crippen LogP contribution >= 0.6 is 0 Å². The van der Waals surface area contributed by atoms with Crippen LogP contribution in [0.1, 0.15) is 55.4 Å². The van der Waals surface area contributed by atoms with Crippen LogP contribution < -0.4 is 10.5 Å². The zero-order valence-corrected chi connectivity index (χ0v) is 19.5. The van der Waals surface area contributed by atoms with Crippen LogP contribution in [-0.2, 0) is 26.1 Å². The first kappa shape index (κ1) is 24.0. The summed E-state index contributed by atoms with van der Waals surface area (Å²) in [6.45, 7) is 5.66. The van der Waals surface area contributed by atoms with E-state index in [9.17, 15) is 5.11 Å². The van der Waals surface area contributed by atoms with Gasteiger partial charge in [-0.15, -0.1) is 0 Å². The first-order chi connectivity index (χ1) is 15.7. The van der Waals surface area contributed by atoms with Crippen molar-refractivity contribution >= 4 is 0 Å². The lowest BCUT2D eigenvalue weighted by molar-refractivity contribution is 0.282. The van der Waals surface area contributed by atoms with E-state index in [-0.39, 0.29) is 6.61 Å². The fraction of sp³-hybridized carbons (Fsp3) is 0.379. The molecule has 4 rings (SSSR count). The van der Waals surface area contributed by atoms with Crippen molar-refractivity contribution < 1.29 is 9.84 Å². The number of rotatable bonds is 7. The van der Waals surface area contributed by atoms with Gasteiger partial charge in [-0.25, -0.2) is 0 Å². The van der Waals surface area contributed by atoms with E-state index in [0.29, 0.717) is 6.61 Å². The molecule has 1 unspecified atom stereocenters. The maximum atomic E-state index is 9.32. The first-order valence-electron chi connectivity index (χ1n) is 11.9. The van der Waals surface area contributed by atoms with Crippen LogP contribution in [0.3, 0.4) is 0 Å². The van der Waals surface area contributed by atoms with E-state index < -0.39 is 0 Å². The van der Waals surface area contributed by atoms with Crippen molar-refractivity contribution in [2.24, 2.45) is 11.7 Å². The van der Waals surface area contributed by atoms with Crippen molar-refractivity contribution in [2.45, 2.75) is 59.2 Å². The van der Waals surface area contributed by atoms with E-state index in [1.165, 1.54) is 24.0 Å². The normalized spacial score (nSPS) is 14.8. The molecule has 3 aromatic carbocycles. The van der Waals surface area contributed by atoms with Gasteiger partial charge in [-0.05, 0) is 89.7 Å². The molecule has 0 heterocycles. The Kier molecular flexibility index (Phi) is 9.33. The number of aliphatic hydroxyl groups is 1. The number of benzene rings is 3. The van der Waals surface area contributed by atoms with Gasteiger partial charge in [0.25, 0.3) is 0 Å². The predicted octanol–water partition coefficient (Wildman–Crippen LogP) is 6.29. The molecule has 0 saturated heterocycles. The summed E-state index contributed by atoms with van der Waals surface area (Å²) in [4.78, 5) is 0. The minimum Gasteiger partial charge on any atom is -0.489 e. The van der Waals surface area contributed by atoms with Gasteiger partial charge < -0.3 is 15.6 Å². The summed E-state index contributed by atoms with van der Waals surface area (Å²) in [5, 5.41) is 9.32.